The Hall–Kier alpha value is -3.87. The molecule has 1 aliphatic heterocycles. The molecule has 7 heteroatoms. The highest BCUT2D eigenvalue weighted by Gasteiger charge is 2.34. The lowest BCUT2D eigenvalue weighted by molar-refractivity contribution is -0.139. The summed E-state index contributed by atoms with van der Waals surface area (Å²) in [6.07, 6.45) is -0.488. The molecule has 31 heavy (non-hydrogen) atoms. The molecule has 1 amide bonds. The molecule has 2 N–H and O–H groups in total. The molecule has 3 aromatic carbocycles. The van der Waals surface area contributed by atoms with Crippen molar-refractivity contribution >= 4 is 12.1 Å². The van der Waals surface area contributed by atoms with E-state index in [0.717, 1.165) is 22.3 Å². The second-order valence-electron chi connectivity index (χ2n) is 7.27. The number of rotatable bonds is 5. The molecule has 1 atom stereocenters. The van der Waals surface area contributed by atoms with E-state index in [1.54, 1.807) is 30.3 Å². The monoisotopic (exact) mass is 421 g/mol. The molecule has 0 fully saturated rings. The van der Waals surface area contributed by atoms with Crippen LogP contribution in [0.2, 0.25) is 0 Å². The van der Waals surface area contributed by atoms with Gasteiger partial charge in [-0.15, -0.1) is 0 Å². The van der Waals surface area contributed by atoms with E-state index >= 15 is 0 Å². The summed E-state index contributed by atoms with van der Waals surface area (Å²) in [5.41, 5.74) is 3.89. The molecule has 0 saturated carbocycles. The summed E-state index contributed by atoms with van der Waals surface area (Å²) in [6, 6.07) is 18.1. The zero-order valence-corrected chi connectivity index (χ0v) is 16.5. The Balaban J connectivity index is 1.88. The van der Waals surface area contributed by atoms with Crippen molar-refractivity contribution in [3.8, 4) is 16.9 Å². The van der Waals surface area contributed by atoms with Gasteiger partial charge in [-0.1, -0.05) is 42.5 Å². The van der Waals surface area contributed by atoms with E-state index in [9.17, 15) is 19.1 Å². The topological polar surface area (TPSA) is 87.1 Å². The zero-order chi connectivity index (χ0) is 22.0. The number of ether oxygens (including phenoxy) is 1. The van der Waals surface area contributed by atoms with Gasteiger partial charge in [-0.2, -0.15) is 0 Å². The Kier molecular flexibility index (Phi) is 5.58. The molecular weight excluding hydrogens is 401 g/mol. The fourth-order valence-electron chi connectivity index (χ4n) is 3.96. The Bertz CT molecular complexity index is 1130. The van der Waals surface area contributed by atoms with Crippen LogP contribution in [0, 0.1) is 5.82 Å². The van der Waals surface area contributed by atoms with E-state index in [-0.39, 0.29) is 5.82 Å². The molecule has 1 heterocycles. The van der Waals surface area contributed by atoms with E-state index in [0.29, 0.717) is 24.3 Å². The molecule has 0 radical (unpaired) electrons. The Labute approximate surface area is 178 Å². The average Bonchev–Trinajstić information content (AvgIpc) is 2.77. The maximum atomic E-state index is 13.4. The quantitative estimate of drug-likeness (QED) is 0.630. The Morgan fingerprint density at radius 2 is 1.68 bits per heavy atom. The zero-order valence-electron chi connectivity index (χ0n) is 16.5. The van der Waals surface area contributed by atoms with E-state index in [2.05, 4.69) is 0 Å². The lowest BCUT2D eigenvalue weighted by atomic mass is 9.87. The maximum absolute atomic E-state index is 13.4. The molecule has 4 rings (SSSR count). The first-order chi connectivity index (χ1) is 14.9. The first-order valence-corrected chi connectivity index (χ1v) is 9.76. The van der Waals surface area contributed by atoms with Crippen LogP contribution in [0.25, 0.3) is 11.1 Å². The van der Waals surface area contributed by atoms with Gasteiger partial charge in [0.2, 0.25) is 0 Å². The van der Waals surface area contributed by atoms with E-state index < -0.39 is 24.7 Å². The number of carbonyl (C=O) groups is 2. The molecular formula is C24H20FNO5. The van der Waals surface area contributed by atoms with Crippen LogP contribution >= 0.6 is 0 Å². The normalized spacial score (nSPS) is 15.3. The van der Waals surface area contributed by atoms with Crippen LogP contribution in [0.4, 0.5) is 9.18 Å². The summed E-state index contributed by atoms with van der Waals surface area (Å²) in [6.45, 7) is -0.250. The van der Waals surface area contributed by atoms with Gasteiger partial charge >= 0.3 is 12.1 Å². The molecule has 1 unspecified atom stereocenters. The fourth-order valence-corrected chi connectivity index (χ4v) is 3.96. The molecule has 1 aliphatic rings. The van der Waals surface area contributed by atoms with Crippen molar-refractivity contribution in [3.05, 3.63) is 89.2 Å². The van der Waals surface area contributed by atoms with E-state index in [4.69, 9.17) is 9.84 Å². The summed E-state index contributed by atoms with van der Waals surface area (Å²) in [4.78, 5) is 24.5. The molecule has 0 bridgehead atoms. The van der Waals surface area contributed by atoms with Gasteiger partial charge in [0.1, 0.15) is 11.6 Å². The average molecular weight is 421 g/mol. The van der Waals surface area contributed by atoms with Crippen LogP contribution in [0.5, 0.6) is 5.75 Å². The minimum atomic E-state index is -1.13. The number of halogens is 1. The van der Waals surface area contributed by atoms with Crippen LogP contribution in [0.15, 0.2) is 66.7 Å². The summed E-state index contributed by atoms with van der Waals surface area (Å²) in [5.74, 6) is -1.20. The number of nitrogens with zero attached hydrogens (tertiary/aromatic N) is 1. The lowest BCUT2D eigenvalue weighted by Crippen LogP contribution is -2.39. The number of carboxylic acids is 1. The molecule has 3 aromatic rings. The number of amides is 1. The summed E-state index contributed by atoms with van der Waals surface area (Å²) in [7, 11) is 0. The summed E-state index contributed by atoms with van der Waals surface area (Å²) < 4.78 is 18.9. The van der Waals surface area contributed by atoms with Gasteiger partial charge in [-0.25, -0.2) is 14.0 Å². The molecule has 0 aromatic heterocycles. The SMILES string of the molecule is O=C(O)COc1ccc(-c2ccc(F)cc2)cc1C1c2ccccc2CCN1C(=O)O. The number of benzene rings is 3. The van der Waals surface area contributed by atoms with Crippen molar-refractivity contribution in [3.63, 3.8) is 0 Å². The Morgan fingerprint density at radius 3 is 2.39 bits per heavy atom. The molecule has 0 aliphatic carbocycles. The van der Waals surface area contributed by atoms with Crippen LogP contribution < -0.4 is 4.74 Å². The van der Waals surface area contributed by atoms with Crippen molar-refractivity contribution in [1.82, 2.24) is 4.90 Å². The number of hydrogen-bond donors (Lipinski definition) is 2. The van der Waals surface area contributed by atoms with Gasteiger partial charge in [0.05, 0.1) is 6.04 Å². The highest BCUT2D eigenvalue weighted by atomic mass is 19.1. The predicted octanol–water partition coefficient (Wildman–Crippen LogP) is 4.58. The maximum Gasteiger partial charge on any atom is 0.408 e. The third-order valence-corrected chi connectivity index (χ3v) is 5.36. The second-order valence-corrected chi connectivity index (χ2v) is 7.27. The van der Waals surface area contributed by atoms with Crippen LogP contribution in [-0.2, 0) is 11.2 Å². The van der Waals surface area contributed by atoms with Crippen molar-refractivity contribution in [1.29, 1.82) is 0 Å². The van der Waals surface area contributed by atoms with Gasteiger partial charge in [0.25, 0.3) is 0 Å². The van der Waals surface area contributed by atoms with Crippen LogP contribution in [0.3, 0.4) is 0 Å². The Morgan fingerprint density at radius 1 is 0.968 bits per heavy atom. The summed E-state index contributed by atoms with van der Waals surface area (Å²) >= 11 is 0. The van der Waals surface area contributed by atoms with Crippen LogP contribution in [-0.4, -0.2) is 40.3 Å². The van der Waals surface area contributed by atoms with Gasteiger partial charge < -0.3 is 14.9 Å². The number of carboxylic acid groups (broad SMARTS) is 2. The highest BCUT2D eigenvalue weighted by molar-refractivity contribution is 5.72. The standard InChI is InChI=1S/C24H20FNO5/c25-18-8-5-15(6-9-18)17-7-10-21(31-14-22(27)28)20(13-17)23-19-4-2-1-3-16(19)11-12-26(23)24(29)30/h1-10,13,23H,11-12,14H2,(H,27,28)(H,29,30). The number of fused-ring (bicyclic) bond motifs is 1. The molecule has 6 nitrogen and oxygen atoms in total. The first-order valence-electron chi connectivity index (χ1n) is 9.76. The van der Waals surface area contributed by atoms with Crippen molar-refractivity contribution in [2.45, 2.75) is 12.5 Å². The third-order valence-electron chi connectivity index (χ3n) is 5.36. The van der Waals surface area contributed by atoms with E-state index in [1.807, 2.05) is 24.3 Å². The van der Waals surface area contributed by atoms with Gasteiger partial charge in [0.15, 0.2) is 6.61 Å². The van der Waals surface area contributed by atoms with E-state index in [1.165, 1.54) is 17.0 Å². The smallest absolute Gasteiger partial charge is 0.408 e. The van der Waals surface area contributed by atoms with Crippen molar-refractivity contribution in [2.75, 3.05) is 13.2 Å². The highest BCUT2D eigenvalue weighted by Crippen LogP contribution is 2.41. The first kappa shape index (κ1) is 20.4. The van der Waals surface area contributed by atoms with Crippen molar-refractivity contribution in [2.24, 2.45) is 0 Å². The largest absolute Gasteiger partial charge is 0.482 e. The fraction of sp³-hybridized carbons (Fsp3) is 0.167. The molecule has 0 spiro atoms. The number of hydrogen-bond acceptors (Lipinski definition) is 3. The predicted molar refractivity (Wildman–Crippen MR) is 112 cm³/mol. The van der Waals surface area contributed by atoms with Crippen LogP contribution in [0.1, 0.15) is 22.7 Å². The third kappa shape index (κ3) is 4.21. The molecule has 158 valence electrons. The minimum absolute atomic E-state index is 0.293. The summed E-state index contributed by atoms with van der Waals surface area (Å²) in [5, 5.41) is 18.9. The van der Waals surface area contributed by atoms with Gasteiger partial charge in [0, 0.05) is 12.1 Å². The lowest BCUT2D eigenvalue weighted by Gasteiger charge is -2.36. The second kappa shape index (κ2) is 8.47. The van der Waals surface area contributed by atoms with Crippen molar-refractivity contribution < 1.29 is 28.9 Å². The molecule has 0 saturated heterocycles. The number of aliphatic carboxylic acids is 1. The van der Waals surface area contributed by atoms with Gasteiger partial charge in [-0.05, 0) is 52.9 Å². The van der Waals surface area contributed by atoms with Gasteiger partial charge in [-0.3, -0.25) is 4.90 Å². The minimum Gasteiger partial charge on any atom is -0.482 e.